The molecule has 0 aliphatic carbocycles. The summed E-state index contributed by atoms with van der Waals surface area (Å²) in [7, 11) is 0. The molecule has 1 aromatic carbocycles. The van der Waals surface area contributed by atoms with Gasteiger partial charge in [0.2, 0.25) is 0 Å². The van der Waals surface area contributed by atoms with Gasteiger partial charge >= 0.3 is 0 Å². The molecule has 1 heterocycles. The quantitative estimate of drug-likeness (QED) is 0.817. The molecule has 88 valence electrons. The Hall–Kier alpha value is -0.570. The van der Waals surface area contributed by atoms with Crippen molar-refractivity contribution in [2.45, 2.75) is 18.3 Å². The summed E-state index contributed by atoms with van der Waals surface area (Å²) in [6.45, 7) is 3.08. The molecule has 0 radical (unpaired) electrons. The van der Waals surface area contributed by atoms with Crippen LogP contribution in [0.2, 0.25) is 0 Å². The fourth-order valence-corrected chi connectivity index (χ4v) is 2.49. The van der Waals surface area contributed by atoms with E-state index in [9.17, 15) is 5.11 Å². The predicted octanol–water partition coefficient (Wildman–Crippen LogP) is 2.11. The second kappa shape index (κ2) is 5.67. The summed E-state index contributed by atoms with van der Waals surface area (Å²) >= 11 is 6.16. The van der Waals surface area contributed by atoms with Crippen molar-refractivity contribution < 1.29 is 5.11 Å². The standard InChI is InChI=1S/C13H18ClNO/c14-13-6-7-15(9-12(13)10-16)8-11-4-2-1-3-5-11/h1-5,12-13,16H,6-10H2/t12-,13+/m0/s1. The number of halogens is 1. The van der Waals surface area contributed by atoms with Crippen LogP contribution in [0.3, 0.4) is 0 Å². The summed E-state index contributed by atoms with van der Waals surface area (Å²) in [5.41, 5.74) is 1.33. The number of nitrogens with zero attached hydrogens (tertiary/aromatic N) is 1. The van der Waals surface area contributed by atoms with Gasteiger partial charge in [0.15, 0.2) is 0 Å². The third-order valence-electron chi connectivity index (χ3n) is 3.21. The van der Waals surface area contributed by atoms with Crippen molar-refractivity contribution in [3.05, 3.63) is 35.9 Å². The number of aliphatic hydroxyl groups is 1. The number of likely N-dealkylation sites (tertiary alicyclic amines) is 1. The average molecular weight is 240 g/mol. The summed E-state index contributed by atoms with van der Waals surface area (Å²) < 4.78 is 0. The highest BCUT2D eigenvalue weighted by molar-refractivity contribution is 6.20. The SMILES string of the molecule is OC[C@@H]1CN(Cc2ccccc2)CC[C@H]1Cl. The van der Waals surface area contributed by atoms with E-state index in [2.05, 4.69) is 29.2 Å². The molecule has 3 heteroatoms. The van der Waals surface area contributed by atoms with Crippen molar-refractivity contribution in [3.8, 4) is 0 Å². The largest absolute Gasteiger partial charge is 0.396 e. The molecule has 1 saturated heterocycles. The number of aliphatic hydroxyl groups excluding tert-OH is 1. The Bertz CT molecular complexity index is 317. The Morgan fingerprint density at radius 2 is 2.06 bits per heavy atom. The monoisotopic (exact) mass is 239 g/mol. The third kappa shape index (κ3) is 2.97. The van der Waals surface area contributed by atoms with E-state index in [1.165, 1.54) is 5.56 Å². The zero-order chi connectivity index (χ0) is 11.4. The Morgan fingerprint density at radius 1 is 1.31 bits per heavy atom. The van der Waals surface area contributed by atoms with E-state index in [1.807, 2.05) is 6.07 Å². The van der Waals surface area contributed by atoms with Crippen LogP contribution in [0.5, 0.6) is 0 Å². The average Bonchev–Trinajstić information content (AvgIpc) is 2.33. The summed E-state index contributed by atoms with van der Waals surface area (Å²) in [4.78, 5) is 2.37. The molecular formula is C13H18ClNO. The van der Waals surface area contributed by atoms with Crippen molar-refractivity contribution in [1.29, 1.82) is 0 Å². The first-order chi connectivity index (χ1) is 7.79. The molecule has 1 aliphatic rings. The van der Waals surface area contributed by atoms with Crippen molar-refractivity contribution in [3.63, 3.8) is 0 Å². The Labute approximate surface area is 102 Å². The lowest BCUT2D eigenvalue weighted by Crippen LogP contribution is -2.42. The molecule has 0 saturated carbocycles. The normalized spacial score (nSPS) is 26.9. The summed E-state index contributed by atoms with van der Waals surface area (Å²) in [6, 6.07) is 10.4. The van der Waals surface area contributed by atoms with E-state index in [0.717, 1.165) is 26.1 Å². The third-order valence-corrected chi connectivity index (χ3v) is 3.78. The molecule has 1 N–H and O–H groups in total. The van der Waals surface area contributed by atoms with Gasteiger partial charge in [-0.25, -0.2) is 0 Å². The molecule has 0 bridgehead atoms. The van der Waals surface area contributed by atoms with Gasteiger partial charge in [0, 0.05) is 31.0 Å². The van der Waals surface area contributed by atoms with E-state index < -0.39 is 0 Å². The lowest BCUT2D eigenvalue weighted by molar-refractivity contribution is 0.119. The number of piperidine rings is 1. The van der Waals surface area contributed by atoms with Crippen LogP contribution in [0.15, 0.2) is 30.3 Å². The van der Waals surface area contributed by atoms with Crippen LogP contribution >= 0.6 is 11.6 Å². The van der Waals surface area contributed by atoms with Gasteiger partial charge in [-0.3, -0.25) is 4.90 Å². The zero-order valence-corrected chi connectivity index (χ0v) is 10.1. The first-order valence-corrected chi connectivity index (χ1v) is 6.24. The van der Waals surface area contributed by atoms with Crippen LogP contribution in [0.1, 0.15) is 12.0 Å². The van der Waals surface area contributed by atoms with Crippen LogP contribution in [-0.2, 0) is 6.54 Å². The van der Waals surface area contributed by atoms with Gasteiger partial charge < -0.3 is 5.11 Å². The molecule has 0 spiro atoms. The van der Waals surface area contributed by atoms with E-state index in [1.54, 1.807) is 0 Å². The number of hydrogen-bond donors (Lipinski definition) is 1. The summed E-state index contributed by atoms with van der Waals surface area (Å²) in [6.07, 6.45) is 0.972. The van der Waals surface area contributed by atoms with Gasteiger partial charge in [0.25, 0.3) is 0 Å². The van der Waals surface area contributed by atoms with Crippen LogP contribution in [0.4, 0.5) is 0 Å². The van der Waals surface area contributed by atoms with E-state index in [4.69, 9.17) is 11.6 Å². The van der Waals surface area contributed by atoms with Gasteiger partial charge in [-0.15, -0.1) is 11.6 Å². The van der Waals surface area contributed by atoms with Gasteiger partial charge in [-0.1, -0.05) is 30.3 Å². The molecule has 0 unspecified atom stereocenters. The molecular weight excluding hydrogens is 222 g/mol. The molecule has 16 heavy (non-hydrogen) atoms. The van der Waals surface area contributed by atoms with Crippen LogP contribution in [-0.4, -0.2) is 35.1 Å². The van der Waals surface area contributed by atoms with E-state index in [0.29, 0.717) is 0 Å². The fourth-order valence-electron chi connectivity index (χ4n) is 2.24. The maximum Gasteiger partial charge on any atom is 0.0485 e. The highest BCUT2D eigenvalue weighted by Crippen LogP contribution is 2.23. The minimum absolute atomic E-state index is 0.136. The minimum atomic E-state index is 0.136. The van der Waals surface area contributed by atoms with Crippen molar-refractivity contribution in [1.82, 2.24) is 4.90 Å². The summed E-state index contributed by atoms with van der Waals surface area (Å²) in [5.74, 6) is 0.221. The Balaban J connectivity index is 1.92. The van der Waals surface area contributed by atoms with Crippen molar-refractivity contribution in [2.24, 2.45) is 5.92 Å². The molecule has 2 rings (SSSR count). The Kier molecular flexibility index (Phi) is 4.22. The highest BCUT2D eigenvalue weighted by Gasteiger charge is 2.26. The second-order valence-corrected chi connectivity index (χ2v) is 5.03. The second-order valence-electron chi connectivity index (χ2n) is 4.47. The topological polar surface area (TPSA) is 23.5 Å². The maximum atomic E-state index is 9.23. The lowest BCUT2D eigenvalue weighted by atomic mass is 9.98. The summed E-state index contributed by atoms with van der Waals surface area (Å²) in [5, 5.41) is 9.37. The molecule has 0 amide bonds. The maximum absolute atomic E-state index is 9.23. The van der Waals surface area contributed by atoms with Gasteiger partial charge in [-0.2, -0.15) is 0 Å². The lowest BCUT2D eigenvalue weighted by Gasteiger charge is -2.35. The number of rotatable bonds is 3. The first kappa shape index (κ1) is 11.9. The smallest absolute Gasteiger partial charge is 0.0485 e. The first-order valence-electron chi connectivity index (χ1n) is 5.81. The van der Waals surface area contributed by atoms with E-state index in [-0.39, 0.29) is 17.9 Å². The minimum Gasteiger partial charge on any atom is -0.396 e. The zero-order valence-electron chi connectivity index (χ0n) is 9.35. The van der Waals surface area contributed by atoms with Crippen molar-refractivity contribution >= 4 is 11.6 Å². The molecule has 1 aliphatic heterocycles. The van der Waals surface area contributed by atoms with Crippen LogP contribution in [0, 0.1) is 5.92 Å². The molecule has 0 aromatic heterocycles. The van der Waals surface area contributed by atoms with Gasteiger partial charge in [0.05, 0.1) is 0 Å². The molecule has 2 nitrogen and oxygen atoms in total. The number of alkyl halides is 1. The number of benzene rings is 1. The van der Waals surface area contributed by atoms with Gasteiger partial charge in [0.1, 0.15) is 0 Å². The molecule has 2 atom stereocenters. The Morgan fingerprint density at radius 3 is 2.75 bits per heavy atom. The number of hydrogen-bond acceptors (Lipinski definition) is 2. The predicted molar refractivity (Wildman–Crippen MR) is 66.6 cm³/mol. The highest BCUT2D eigenvalue weighted by atomic mass is 35.5. The van der Waals surface area contributed by atoms with Gasteiger partial charge in [-0.05, 0) is 18.5 Å². The molecule has 1 fully saturated rings. The molecule has 1 aromatic rings. The van der Waals surface area contributed by atoms with Crippen molar-refractivity contribution in [2.75, 3.05) is 19.7 Å². The van der Waals surface area contributed by atoms with Crippen LogP contribution < -0.4 is 0 Å². The fraction of sp³-hybridized carbons (Fsp3) is 0.538. The van der Waals surface area contributed by atoms with E-state index >= 15 is 0 Å². The van der Waals surface area contributed by atoms with Crippen LogP contribution in [0.25, 0.3) is 0 Å².